The van der Waals surface area contributed by atoms with Gasteiger partial charge in [0.05, 0.1) is 16.0 Å². The number of nitrogens with zero attached hydrogens (tertiary/aromatic N) is 2. The first-order valence-corrected chi connectivity index (χ1v) is 15.3. The van der Waals surface area contributed by atoms with Crippen molar-refractivity contribution in [3.63, 3.8) is 0 Å². The van der Waals surface area contributed by atoms with Gasteiger partial charge in [0.2, 0.25) is 10.0 Å². The lowest BCUT2D eigenvalue weighted by molar-refractivity contribution is 0.292. The lowest BCUT2D eigenvalue weighted by Crippen LogP contribution is -2.45. The van der Waals surface area contributed by atoms with Crippen LogP contribution < -0.4 is 4.72 Å². The van der Waals surface area contributed by atoms with Crippen molar-refractivity contribution >= 4 is 26.3 Å². The molecule has 9 heteroatoms. The minimum Gasteiger partial charge on any atom is -0.207 e. The van der Waals surface area contributed by atoms with E-state index in [1.807, 2.05) is 38.1 Å². The van der Waals surface area contributed by atoms with E-state index in [-0.39, 0.29) is 9.79 Å². The smallest absolute Gasteiger partial charge is 0.207 e. The van der Waals surface area contributed by atoms with Crippen LogP contribution in [-0.2, 0) is 20.0 Å². The molecule has 0 aromatic heterocycles. The Bertz CT molecular complexity index is 1620. The van der Waals surface area contributed by atoms with Gasteiger partial charge in [0.1, 0.15) is 6.04 Å². The molecule has 0 aliphatic heterocycles. The third-order valence-electron chi connectivity index (χ3n) is 6.21. The highest BCUT2D eigenvalue weighted by atomic mass is 32.2. The third kappa shape index (κ3) is 6.81. The Morgan fingerprint density at radius 2 is 1.18 bits per heavy atom. The Balaban J connectivity index is 1.83. The van der Waals surface area contributed by atoms with E-state index in [1.165, 1.54) is 30.5 Å². The van der Waals surface area contributed by atoms with Gasteiger partial charge in [-0.05, 0) is 56.2 Å². The summed E-state index contributed by atoms with van der Waals surface area (Å²) in [5, 5.41) is 4.46. The van der Waals surface area contributed by atoms with Crippen LogP contribution in [0.4, 0.5) is 0 Å². The number of sulfonamides is 2. The Morgan fingerprint density at radius 1 is 0.692 bits per heavy atom. The predicted octanol–water partition coefficient (Wildman–Crippen LogP) is 5.44. The van der Waals surface area contributed by atoms with E-state index >= 15 is 0 Å². The first kappa shape index (κ1) is 28.2. The number of rotatable bonds is 10. The summed E-state index contributed by atoms with van der Waals surface area (Å²) in [6, 6.07) is 29.1. The van der Waals surface area contributed by atoms with Crippen molar-refractivity contribution in [3.05, 3.63) is 131 Å². The van der Waals surface area contributed by atoms with Gasteiger partial charge < -0.3 is 0 Å². The van der Waals surface area contributed by atoms with Crippen LogP contribution in [0.3, 0.4) is 0 Å². The van der Waals surface area contributed by atoms with Gasteiger partial charge in [0, 0.05) is 6.04 Å². The molecule has 4 aromatic carbocycles. The number of hydrogen-bond acceptors (Lipinski definition) is 5. The maximum absolute atomic E-state index is 14.1. The van der Waals surface area contributed by atoms with Crippen molar-refractivity contribution in [2.75, 3.05) is 0 Å². The molecule has 7 nitrogen and oxygen atoms in total. The highest BCUT2D eigenvalue weighted by molar-refractivity contribution is 7.89. The summed E-state index contributed by atoms with van der Waals surface area (Å²) >= 11 is 0. The predicted molar refractivity (Wildman–Crippen MR) is 154 cm³/mol. The summed E-state index contributed by atoms with van der Waals surface area (Å²) in [4.78, 5) is 0.139. The van der Waals surface area contributed by atoms with Crippen LogP contribution in [0.5, 0.6) is 0 Å². The number of hydrazone groups is 1. The molecular formula is C30H31N3O4S2. The van der Waals surface area contributed by atoms with Crippen LogP contribution in [0.25, 0.3) is 0 Å². The molecule has 0 aliphatic carbocycles. The minimum absolute atomic E-state index is 0.0489. The van der Waals surface area contributed by atoms with E-state index in [0.717, 1.165) is 15.5 Å². The Labute approximate surface area is 230 Å². The van der Waals surface area contributed by atoms with Crippen LogP contribution in [0, 0.1) is 13.8 Å². The van der Waals surface area contributed by atoms with E-state index in [9.17, 15) is 16.8 Å². The van der Waals surface area contributed by atoms with Crippen molar-refractivity contribution in [2.45, 2.75) is 42.6 Å². The standard InChI is InChI=1S/C30H31N3O4S2/c1-23-14-18-28(19-15-23)38(34,35)32-25(3)30(27-12-8-5-9-13-27)33(31-22-26-10-6-4-7-11-26)39(36,37)29-20-16-24(2)17-21-29/h4-22,25,30,32H,1-3H3/b31-22+. The molecule has 0 aliphatic rings. The van der Waals surface area contributed by atoms with Crippen molar-refractivity contribution in [3.8, 4) is 0 Å². The van der Waals surface area contributed by atoms with Crippen molar-refractivity contribution in [2.24, 2.45) is 5.10 Å². The second-order valence-electron chi connectivity index (χ2n) is 9.32. The molecule has 39 heavy (non-hydrogen) atoms. The number of aryl methyl sites for hydroxylation is 2. The van der Waals surface area contributed by atoms with E-state index < -0.39 is 32.1 Å². The normalized spacial score (nSPS) is 13.7. The van der Waals surface area contributed by atoms with E-state index in [1.54, 1.807) is 67.6 Å². The molecule has 0 fully saturated rings. The summed E-state index contributed by atoms with van der Waals surface area (Å²) in [6.45, 7) is 5.38. The fourth-order valence-corrected chi connectivity index (χ4v) is 6.84. The van der Waals surface area contributed by atoms with Gasteiger partial charge in [-0.3, -0.25) is 0 Å². The second-order valence-corrected chi connectivity index (χ2v) is 12.8. The topological polar surface area (TPSA) is 95.9 Å². The molecule has 0 amide bonds. The van der Waals surface area contributed by atoms with Gasteiger partial charge in [0.25, 0.3) is 10.0 Å². The zero-order valence-corrected chi connectivity index (χ0v) is 23.6. The van der Waals surface area contributed by atoms with Crippen molar-refractivity contribution in [1.82, 2.24) is 9.14 Å². The SMILES string of the molecule is Cc1ccc(S(=O)(=O)NC(C)C(c2ccccc2)N(/N=C/c2ccccc2)S(=O)(=O)c2ccc(C)cc2)cc1. The molecule has 0 saturated carbocycles. The average molecular weight is 562 g/mol. The summed E-state index contributed by atoms with van der Waals surface area (Å²) in [7, 11) is -8.17. The molecule has 2 atom stereocenters. The third-order valence-corrected chi connectivity index (χ3v) is 9.47. The van der Waals surface area contributed by atoms with E-state index in [0.29, 0.717) is 11.1 Å². The maximum atomic E-state index is 14.1. The van der Waals surface area contributed by atoms with Gasteiger partial charge in [-0.1, -0.05) is 96.1 Å². The molecule has 202 valence electrons. The molecule has 0 heterocycles. The van der Waals surface area contributed by atoms with Gasteiger partial charge in [-0.15, -0.1) is 0 Å². The number of benzene rings is 4. The quantitative estimate of drug-likeness (QED) is 0.206. The monoisotopic (exact) mass is 561 g/mol. The fourth-order valence-electron chi connectivity index (χ4n) is 4.12. The van der Waals surface area contributed by atoms with Gasteiger partial charge in [-0.25, -0.2) is 13.1 Å². The molecule has 0 radical (unpaired) electrons. The van der Waals surface area contributed by atoms with Gasteiger partial charge in [-0.2, -0.15) is 17.9 Å². The highest BCUT2D eigenvalue weighted by Crippen LogP contribution is 2.32. The lowest BCUT2D eigenvalue weighted by atomic mass is 10.0. The first-order chi connectivity index (χ1) is 18.6. The van der Waals surface area contributed by atoms with Crippen molar-refractivity contribution < 1.29 is 16.8 Å². The van der Waals surface area contributed by atoms with E-state index in [2.05, 4.69) is 9.82 Å². The van der Waals surface area contributed by atoms with Crippen molar-refractivity contribution in [1.29, 1.82) is 0 Å². The lowest BCUT2D eigenvalue weighted by Gasteiger charge is -2.33. The molecule has 4 rings (SSSR count). The Kier molecular flexibility index (Phi) is 8.64. The molecule has 1 N–H and O–H groups in total. The minimum atomic E-state index is -4.21. The van der Waals surface area contributed by atoms with Gasteiger partial charge in [0.15, 0.2) is 0 Å². The summed E-state index contributed by atoms with van der Waals surface area (Å²) in [5.74, 6) is 0. The largest absolute Gasteiger partial charge is 0.279 e. The van der Waals surface area contributed by atoms with Crippen LogP contribution in [0.2, 0.25) is 0 Å². The average Bonchev–Trinajstić information content (AvgIpc) is 2.92. The molecular weight excluding hydrogens is 530 g/mol. The van der Waals surface area contributed by atoms with Crippen LogP contribution in [-0.4, -0.2) is 33.5 Å². The maximum Gasteiger partial charge on any atom is 0.279 e. The fraction of sp³-hybridized carbons (Fsp3) is 0.167. The molecule has 0 bridgehead atoms. The Morgan fingerprint density at radius 3 is 1.72 bits per heavy atom. The van der Waals surface area contributed by atoms with Crippen LogP contribution in [0.1, 0.15) is 35.2 Å². The summed E-state index contributed by atoms with van der Waals surface area (Å²) < 4.78 is 58.5. The van der Waals surface area contributed by atoms with E-state index in [4.69, 9.17) is 0 Å². The molecule has 4 aromatic rings. The Hall–Kier alpha value is -3.79. The molecule has 0 spiro atoms. The van der Waals surface area contributed by atoms with Crippen LogP contribution >= 0.6 is 0 Å². The number of nitrogens with one attached hydrogen (secondary N) is 1. The summed E-state index contributed by atoms with van der Waals surface area (Å²) in [5.41, 5.74) is 3.11. The van der Waals surface area contributed by atoms with Gasteiger partial charge >= 0.3 is 0 Å². The first-order valence-electron chi connectivity index (χ1n) is 12.4. The summed E-state index contributed by atoms with van der Waals surface area (Å²) in [6.07, 6.45) is 1.46. The zero-order valence-electron chi connectivity index (χ0n) is 22.0. The zero-order chi connectivity index (χ0) is 28.0. The highest BCUT2D eigenvalue weighted by Gasteiger charge is 2.37. The number of hydrogen-bond donors (Lipinski definition) is 1. The molecule has 2 unspecified atom stereocenters. The second kappa shape index (κ2) is 11.9. The van der Waals surface area contributed by atoms with Crippen LogP contribution in [0.15, 0.2) is 124 Å². The molecule has 0 saturated heterocycles.